The highest BCUT2D eigenvalue weighted by molar-refractivity contribution is 7.85. The fourth-order valence-corrected chi connectivity index (χ4v) is 1.10. The minimum atomic E-state index is -3.70. The van der Waals surface area contributed by atoms with Crippen LogP contribution in [-0.2, 0) is 10.1 Å². The molecule has 5 heteroatoms. The Kier molecular flexibility index (Phi) is 9.70. The molecule has 1 N–H and O–H groups in total. The average Bonchev–Trinajstić information content (AvgIpc) is 1.90. The molecule has 11 heavy (non-hydrogen) atoms. The van der Waals surface area contributed by atoms with E-state index >= 15 is 0 Å². The minimum absolute atomic E-state index is 0.0964. The van der Waals surface area contributed by atoms with E-state index in [2.05, 4.69) is 0 Å². The van der Waals surface area contributed by atoms with E-state index in [0.717, 1.165) is 12.8 Å². The van der Waals surface area contributed by atoms with Gasteiger partial charge < -0.3 is 0 Å². The number of rotatable bonds is 4. The van der Waals surface area contributed by atoms with E-state index in [-0.39, 0.29) is 5.75 Å². The molecule has 0 heterocycles. The molecule has 0 saturated heterocycles. The summed E-state index contributed by atoms with van der Waals surface area (Å²) in [5, 5.41) is 0. The standard InChI is InChI=1S/C5H12O3S.CH3F/c1-2-3-4-5-9(6,7)8;1-2/h2-5H2,1H3,(H,6,7,8);1H3. The molecular weight excluding hydrogens is 171 g/mol. The zero-order valence-electron chi connectivity index (χ0n) is 6.88. The van der Waals surface area contributed by atoms with Crippen LogP contribution in [0.25, 0.3) is 0 Å². The summed E-state index contributed by atoms with van der Waals surface area (Å²) in [6, 6.07) is 0. The van der Waals surface area contributed by atoms with Gasteiger partial charge in [0.25, 0.3) is 10.1 Å². The summed E-state index contributed by atoms with van der Waals surface area (Å²) in [6.45, 7) is 1.98. The lowest BCUT2D eigenvalue weighted by atomic mass is 10.3. The molecule has 0 atom stereocenters. The molecule has 0 aliphatic rings. The first-order chi connectivity index (χ1) is 5.06. The second kappa shape index (κ2) is 7.94. The van der Waals surface area contributed by atoms with Crippen molar-refractivity contribution >= 4 is 10.1 Å². The van der Waals surface area contributed by atoms with Gasteiger partial charge in [-0.1, -0.05) is 19.8 Å². The van der Waals surface area contributed by atoms with Crippen molar-refractivity contribution < 1.29 is 17.4 Å². The summed E-state index contributed by atoms with van der Waals surface area (Å²) in [6.07, 6.45) is 2.39. The Bertz CT molecular complexity index is 153. The smallest absolute Gasteiger partial charge is 0.264 e. The lowest BCUT2D eigenvalue weighted by molar-refractivity contribution is 0.480. The topological polar surface area (TPSA) is 54.4 Å². The third kappa shape index (κ3) is 17.7. The second-order valence-electron chi connectivity index (χ2n) is 1.99. The zero-order valence-corrected chi connectivity index (χ0v) is 7.69. The van der Waals surface area contributed by atoms with Crippen molar-refractivity contribution in [3.63, 3.8) is 0 Å². The average molecular weight is 186 g/mol. The molecule has 0 spiro atoms. The van der Waals surface area contributed by atoms with Gasteiger partial charge in [-0.2, -0.15) is 8.42 Å². The van der Waals surface area contributed by atoms with Gasteiger partial charge in [0.1, 0.15) is 0 Å². The van der Waals surface area contributed by atoms with E-state index in [1.54, 1.807) is 0 Å². The van der Waals surface area contributed by atoms with Crippen LogP contribution < -0.4 is 0 Å². The summed E-state index contributed by atoms with van der Waals surface area (Å²) in [7, 11) is -3.20. The van der Waals surface area contributed by atoms with E-state index in [1.165, 1.54) is 0 Å². The quantitative estimate of drug-likeness (QED) is 0.536. The van der Waals surface area contributed by atoms with E-state index in [1.807, 2.05) is 6.92 Å². The Morgan fingerprint density at radius 1 is 1.27 bits per heavy atom. The molecule has 3 nitrogen and oxygen atoms in total. The van der Waals surface area contributed by atoms with Gasteiger partial charge in [-0.05, 0) is 6.42 Å². The first-order valence-corrected chi connectivity index (χ1v) is 5.00. The number of halogens is 1. The maximum atomic E-state index is 10.1. The predicted octanol–water partition coefficient (Wildman–Crippen LogP) is 1.65. The molecule has 0 aromatic carbocycles. The molecule has 0 bridgehead atoms. The Morgan fingerprint density at radius 3 is 2.00 bits per heavy atom. The summed E-state index contributed by atoms with van der Waals surface area (Å²) in [5.74, 6) is -0.0964. The van der Waals surface area contributed by atoms with Gasteiger partial charge in [-0.25, -0.2) is 0 Å². The normalized spacial score (nSPS) is 10.2. The van der Waals surface area contributed by atoms with Crippen LogP contribution in [0.3, 0.4) is 0 Å². The van der Waals surface area contributed by atoms with E-state index in [9.17, 15) is 12.8 Å². The Balaban J connectivity index is 0. The monoisotopic (exact) mass is 186 g/mol. The van der Waals surface area contributed by atoms with Crippen LogP contribution in [0.15, 0.2) is 0 Å². The maximum absolute atomic E-state index is 10.1. The third-order valence-electron chi connectivity index (χ3n) is 1.01. The molecule has 0 saturated carbocycles. The van der Waals surface area contributed by atoms with Gasteiger partial charge in [0, 0.05) is 0 Å². The molecule has 0 aliphatic carbocycles. The number of hydrogen-bond donors (Lipinski definition) is 1. The van der Waals surface area contributed by atoms with Gasteiger partial charge in [0.15, 0.2) is 0 Å². The van der Waals surface area contributed by atoms with Crippen molar-refractivity contribution in [2.75, 3.05) is 12.9 Å². The highest BCUT2D eigenvalue weighted by Gasteiger charge is 2.01. The molecule has 0 aliphatic heterocycles. The second-order valence-corrected chi connectivity index (χ2v) is 3.57. The first kappa shape index (κ1) is 13.4. The fraction of sp³-hybridized carbons (Fsp3) is 1.00. The van der Waals surface area contributed by atoms with Gasteiger partial charge in [0.2, 0.25) is 0 Å². The molecule has 70 valence electrons. The lowest BCUT2D eigenvalue weighted by Crippen LogP contribution is -2.02. The van der Waals surface area contributed by atoms with Crippen LogP contribution in [0.1, 0.15) is 26.2 Å². The Hall–Kier alpha value is -0.160. The highest BCUT2D eigenvalue weighted by Crippen LogP contribution is 1.96. The van der Waals surface area contributed by atoms with Crippen LogP contribution in [0.2, 0.25) is 0 Å². The molecule has 0 unspecified atom stereocenters. The largest absolute Gasteiger partial charge is 0.286 e. The van der Waals surface area contributed by atoms with Crippen molar-refractivity contribution in [2.45, 2.75) is 26.2 Å². The molecule has 0 amide bonds. The van der Waals surface area contributed by atoms with Crippen LogP contribution >= 0.6 is 0 Å². The van der Waals surface area contributed by atoms with Gasteiger partial charge in [0.05, 0.1) is 12.9 Å². The first-order valence-electron chi connectivity index (χ1n) is 3.39. The Morgan fingerprint density at radius 2 is 1.73 bits per heavy atom. The van der Waals surface area contributed by atoms with Crippen LogP contribution in [0, 0.1) is 0 Å². The van der Waals surface area contributed by atoms with Crippen LogP contribution in [-0.4, -0.2) is 25.9 Å². The zero-order chi connectivity index (χ0) is 9.33. The predicted molar refractivity (Wildman–Crippen MR) is 43.0 cm³/mol. The molecule has 0 radical (unpaired) electrons. The summed E-state index contributed by atoms with van der Waals surface area (Å²) < 4.78 is 37.8. The van der Waals surface area contributed by atoms with Crippen LogP contribution in [0.5, 0.6) is 0 Å². The molecule has 0 aromatic rings. The number of hydrogen-bond acceptors (Lipinski definition) is 2. The molecular formula is C6H15FO3S. The third-order valence-corrected chi connectivity index (χ3v) is 1.81. The van der Waals surface area contributed by atoms with Crippen molar-refractivity contribution in [3.05, 3.63) is 0 Å². The van der Waals surface area contributed by atoms with E-state index < -0.39 is 10.1 Å². The molecule has 0 rings (SSSR count). The fourth-order valence-electron chi connectivity index (χ4n) is 0.534. The lowest BCUT2D eigenvalue weighted by Gasteiger charge is -1.92. The Labute approximate surface area is 67.4 Å². The number of unbranched alkanes of at least 4 members (excludes halogenated alkanes) is 2. The number of alkyl halides is 1. The van der Waals surface area contributed by atoms with Gasteiger partial charge >= 0.3 is 0 Å². The summed E-state index contributed by atoms with van der Waals surface area (Å²) in [5.41, 5.74) is 0. The van der Waals surface area contributed by atoms with Gasteiger partial charge in [-0.15, -0.1) is 0 Å². The highest BCUT2D eigenvalue weighted by atomic mass is 32.2. The van der Waals surface area contributed by atoms with Crippen molar-refractivity contribution in [2.24, 2.45) is 0 Å². The van der Waals surface area contributed by atoms with Crippen molar-refractivity contribution in [1.29, 1.82) is 0 Å². The SMILES string of the molecule is CCCCCS(=O)(=O)O.CF. The molecule has 0 fully saturated rings. The van der Waals surface area contributed by atoms with Crippen molar-refractivity contribution in [3.8, 4) is 0 Å². The van der Waals surface area contributed by atoms with Gasteiger partial charge in [-0.3, -0.25) is 8.94 Å². The van der Waals surface area contributed by atoms with Crippen molar-refractivity contribution in [1.82, 2.24) is 0 Å². The molecule has 0 aromatic heterocycles. The summed E-state index contributed by atoms with van der Waals surface area (Å²) >= 11 is 0. The maximum Gasteiger partial charge on any atom is 0.264 e. The minimum Gasteiger partial charge on any atom is -0.286 e. The van der Waals surface area contributed by atoms with Crippen LogP contribution in [0.4, 0.5) is 4.39 Å². The van der Waals surface area contributed by atoms with E-state index in [4.69, 9.17) is 4.55 Å². The van der Waals surface area contributed by atoms with E-state index in [0.29, 0.717) is 13.6 Å². The summed E-state index contributed by atoms with van der Waals surface area (Å²) in [4.78, 5) is 0.